The first-order chi connectivity index (χ1) is 15.0. The summed E-state index contributed by atoms with van der Waals surface area (Å²) < 4.78 is 0. The first-order valence-electron chi connectivity index (χ1n) is 11.1. The third-order valence-corrected chi connectivity index (χ3v) is 6.27. The molecule has 0 N–H and O–H groups in total. The quantitative estimate of drug-likeness (QED) is 0.674. The standard InChI is InChI=1S/C25H29N3O3/c1-3-4-11-28-24(30)21-10-9-19(16-22(21)25(28)31)23(29)27-14-12-26(13-15-27)17-20-8-6-5-7-18(20)2/h5-10,16H,3-4,11-15,17H2,1-2H3. The maximum Gasteiger partial charge on any atom is 0.261 e. The Morgan fingerprint density at radius 3 is 2.35 bits per heavy atom. The predicted molar refractivity (Wildman–Crippen MR) is 119 cm³/mol. The number of carbonyl (C=O) groups excluding carboxylic acids is 3. The number of piperazine rings is 1. The van der Waals surface area contributed by atoms with Gasteiger partial charge in [0.15, 0.2) is 0 Å². The number of benzene rings is 2. The molecular formula is C25H29N3O3. The number of carbonyl (C=O) groups is 3. The van der Waals surface area contributed by atoms with E-state index in [1.54, 1.807) is 18.2 Å². The molecule has 2 aliphatic heterocycles. The van der Waals surface area contributed by atoms with Gasteiger partial charge in [-0.2, -0.15) is 0 Å². The van der Waals surface area contributed by atoms with Gasteiger partial charge in [0.1, 0.15) is 0 Å². The van der Waals surface area contributed by atoms with Crippen LogP contribution in [0.5, 0.6) is 0 Å². The Labute approximate surface area is 183 Å². The van der Waals surface area contributed by atoms with Crippen LogP contribution < -0.4 is 0 Å². The van der Waals surface area contributed by atoms with Crippen molar-refractivity contribution in [1.29, 1.82) is 0 Å². The van der Waals surface area contributed by atoms with E-state index < -0.39 is 0 Å². The smallest absolute Gasteiger partial charge is 0.261 e. The first kappa shape index (κ1) is 21.2. The molecule has 4 rings (SSSR count). The highest BCUT2D eigenvalue weighted by Crippen LogP contribution is 2.25. The number of fused-ring (bicyclic) bond motifs is 1. The number of amides is 3. The number of hydrogen-bond donors (Lipinski definition) is 0. The second-order valence-electron chi connectivity index (χ2n) is 8.37. The van der Waals surface area contributed by atoms with E-state index in [2.05, 4.69) is 30.0 Å². The molecule has 1 fully saturated rings. The predicted octanol–water partition coefficient (Wildman–Crippen LogP) is 3.35. The van der Waals surface area contributed by atoms with Crippen LogP contribution in [0.15, 0.2) is 42.5 Å². The van der Waals surface area contributed by atoms with Crippen LogP contribution in [-0.2, 0) is 6.54 Å². The van der Waals surface area contributed by atoms with Crippen molar-refractivity contribution in [2.75, 3.05) is 32.7 Å². The fourth-order valence-corrected chi connectivity index (χ4v) is 4.26. The van der Waals surface area contributed by atoms with Crippen molar-refractivity contribution in [3.63, 3.8) is 0 Å². The van der Waals surface area contributed by atoms with Crippen molar-refractivity contribution in [3.8, 4) is 0 Å². The van der Waals surface area contributed by atoms with Gasteiger partial charge in [-0.3, -0.25) is 24.2 Å². The molecule has 0 bridgehead atoms. The van der Waals surface area contributed by atoms with E-state index in [4.69, 9.17) is 0 Å². The van der Waals surface area contributed by atoms with Crippen LogP contribution in [0.4, 0.5) is 0 Å². The van der Waals surface area contributed by atoms with Gasteiger partial charge in [0.25, 0.3) is 17.7 Å². The number of imide groups is 1. The Balaban J connectivity index is 1.40. The van der Waals surface area contributed by atoms with Crippen LogP contribution in [-0.4, -0.2) is 65.1 Å². The third kappa shape index (κ3) is 4.26. The number of nitrogens with zero attached hydrogens (tertiary/aromatic N) is 3. The molecule has 0 unspecified atom stereocenters. The van der Waals surface area contributed by atoms with Crippen LogP contribution >= 0.6 is 0 Å². The number of aryl methyl sites for hydroxylation is 1. The van der Waals surface area contributed by atoms with E-state index in [1.165, 1.54) is 16.0 Å². The van der Waals surface area contributed by atoms with Crippen LogP contribution in [0, 0.1) is 6.92 Å². The topological polar surface area (TPSA) is 60.9 Å². The Morgan fingerprint density at radius 1 is 0.935 bits per heavy atom. The summed E-state index contributed by atoms with van der Waals surface area (Å²) in [6, 6.07) is 13.3. The Bertz CT molecular complexity index is 1010. The fourth-order valence-electron chi connectivity index (χ4n) is 4.26. The molecule has 1 saturated heterocycles. The molecule has 0 radical (unpaired) electrons. The van der Waals surface area contributed by atoms with Crippen molar-refractivity contribution in [1.82, 2.24) is 14.7 Å². The summed E-state index contributed by atoms with van der Waals surface area (Å²) in [4.78, 5) is 43.8. The lowest BCUT2D eigenvalue weighted by Gasteiger charge is -2.35. The average Bonchev–Trinajstić information content (AvgIpc) is 3.03. The molecule has 0 atom stereocenters. The molecule has 0 spiro atoms. The zero-order valence-electron chi connectivity index (χ0n) is 18.3. The van der Waals surface area contributed by atoms with Crippen LogP contribution in [0.25, 0.3) is 0 Å². The highest BCUT2D eigenvalue weighted by molar-refractivity contribution is 6.22. The number of unbranched alkanes of at least 4 members (excludes halogenated alkanes) is 1. The minimum absolute atomic E-state index is 0.0781. The normalized spacial score (nSPS) is 16.7. The van der Waals surface area contributed by atoms with Gasteiger partial charge in [-0.05, 0) is 42.7 Å². The zero-order chi connectivity index (χ0) is 22.0. The lowest BCUT2D eigenvalue weighted by Crippen LogP contribution is -2.48. The Hall–Kier alpha value is -2.99. The Morgan fingerprint density at radius 2 is 1.65 bits per heavy atom. The van der Waals surface area contributed by atoms with Crippen LogP contribution in [0.1, 0.15) is 62.0 Å². The molecule has 0 saturated carbocycles. The monoisotopic (exact) mass is 419 g/mol. The number of hydrogen-bond acceptors (Lipinski definition) is 4. The largest absolute Gasteiger partial charge is 0.336 e. The maximum atomic E-state index is 13.1. The van der Waals surface area contributed by atoms with Gasteiger partial charge in [-0.15, -0.1) is 0 Å². The second kappa shape index (κ2) is 9.02. The summed E-state index contributed by atoms with van der Waals surface area (Å²) in [5.74, 6) is -0.617. The lowest BCUT2D eigenvalue weighted by atomic mass is 10.0. The van der Waals surface area contributed by atoms with Crippen molar-refractivity contribution < 1.29 is 14.4 Å². The van der Waals surface area contributed by atoms with E-state index in [0.717, 1.165) is 32.5 Å². The molecule has 2 aromatic carbocycles. The van der Waals surface area contributed by atoms with Gasteiger partial charge in [-0.1, -0.05) is 37.6 Å². The van der Waals surface area contributed by atoms with Crippen molar-refractivity contribution in [2.24, 2.45) is 0 Å². The molecule has 6 nitrogen and oxygen atoms in total. The van der Waals surface area contributed by atoms with E-state index in [1.807, 2.05) is 17.9 Å². The molecule has 31 heavy (non-hydrogen) atoms. The van der Waals surface area contributed by atoms with Gasteiger partial charge >= 0.3 is 0 Å². The summed E-state index contributed by atoms with van der Waals surface area (Å²) in [7, 11) is 0. The van der Waals surface area contributed by atoms with E-state index in [0.29, 0.717) is 36.3 Å². The molecule has 6 heteroatoms. The van der Waals surface area contributed by atoms with E-state index >= 15 is 0 Å². The molecular weight excluding hydrogens is 390 g/mol. The molecule has 162 valence electrons. The van der Waals surface area contributed by atoms with E-state index in [9.17, 15) is 14.4 Å². The highest BCUT2D eigenvalue weighted by atomic mass is 16.2. The van der Waals surface area contributed by atoms with Crippen LogP contribution in [0.3, 0.4) is 0 Å². The molecule has 2 aliphatic rings. The Kier molecular flexibility index (Phi) is 6.18. The van der Waals surface area contributed by atoms with Gasteiger partial charge in [0.05, 0.1) is 11.1 Å². The summed E-state index contributed by atoms with van der Waals surface area (Å²) in [6.07, 6.45) is 1.69. The highest BCUT2D eigenvalue weighted by Gasteiger charge is 2.36. The zero-order valence-corrected chi connectivity index (χ0v) is 18.3. The van der Waals surface area contributed by atoms with Crippen LogP contribution in [0.2, 0.25) is 0 Å². The van der Waals surface area contributed by atoms with Crippen molar-refractivity contribution in [3.05, 3.63) is 70.3 Å². The summed E-state index contributed by atoms with van der Waals surface area (Å²) in [5.41, 5.74) is 3.83. The fraction of sp³-hybridized carbons (Fsp3) is 0.400. The average molecular weight is 420 g/mol. The molecule has 2 aromatic rings. The second-order valence-corrected chi connectivity index (χ2v) is 8.37. The van der Waals surface area contributed by atoms with Crippen molar-refractivity contribution >= 4 is 17.7 Å². The summed E-state index contributed by atoms with van der Waals surface area (Å²) in [5, 5.41) is 0. The molecule has 0 aromatic heterocycles. The lowest BCUT2D eigenvalue weighted by molar-refractivity contribution is 0.0626. The molecule has 3 amide bonds. The van der Waals surface area contributed by atoms with Gasteiger partial charge in [-0.25, -0.2) is 0 Å². The summed E-state index contributed by atoms with van der Waals surface area (Å²) >= 11 is 0. The molecule has 2 heterocycles. The van der Waals surface area contributed by atoms with E-state index in [-0.39, 0.29) is 17.7 Å². The van der Waals surface area contributed by atoms with Gasteiger partial charge in [0.2, 0.25) is 0 Å². The SMILES string of the molecule is CCCCN1C(=O)c2ccc(C(=O)N3CCN(Cc4ccccc4C)CC3)cc2C1=O. The third-order valence-electron chi connectivity index (χ3n) is 6.27. The maximum absolute atomic E-state index is 13.1. The summed E-state index contributed by atoms with van der Waals surface area (Å²) in [6.45, 7) is 8.38. The molecule has 0 aliphatic carbocycles. The minimum atomic E-state index is -0.286. The van der Waals surface area contributed by atoms with Crippen molar-refractivity contribution in [2.45, 2.75) is 33.2 Å². The van der Waals surface area contributed by atoms with Gasteiger partial charge in [0, 0.05) is 44.8 Å². The first-order valence-corrected chi connectivity index (χ1v) is 11.1. The van der Waals surface area contributed by atoms with Gasteiger partial charge < -0.3 is 4.90 Å². The number of rotatable bonds is 6. The minimum Gasteiger partial charge on any atom is -0.336 e.